The number of carboxylic acid groups (broad SMARTS) is 2. The van der Waals surface area contributed by atoms with Crippen molar-refractivity contribution >= 4 is 35.5 Å². The van der Waals surface area contributed by atoms with Gasteiger partial charge in [0.05, 0.1) is 0 Å². The van der Waals surface area contributed by atoms with Gasteiger partial charge in [-0.25, -0.2) is 0 Å². The zero-order chi connectivity index (χ0) is 9.14. The van der Waals surface area contributed by atoms with E-state index in [4.69, 9.17) is 10.2 Å². The van der Waals surface area contributed by atoms with Crippen LogP contribution in [0, 0.1) is 0 Å². The molecule has 0 radical (unpaired) electrons. The Hall–Kier alpha value is -0.360. The lowest BCUT2D eigenvalue weighted by molar-refractivity contribution is -0.137. The van der Waals surface area contributed by atoms with E-state index in [2.05, 4.69) is 0 Å². The molecule has 1 rings (SSSR count). The molecule has 0 aliphatic carbocycles. The Balaban J connectivity index is 2.51. The molecule has 0 aromatic heterocycles. The van der Waals surface area contributed by atoms with E-state index >= 15 is 0 Å². The van der Waals surface area contributed by atoms with Crippen molar-refractivity contribution in [3.8, 4) is 0 Å². The summed E-state index contributed by atoms with van der Waals surface area (Å²) in [7, 11) is 0. The lowest BCUT2D eigenvalue weighted by Gasteiger charge is -2.22. The van der Waals surface area contributed by atoms with Gasteiger partial charge in [-0.2, -0.15) is 0 Å². The predicted octanol–water partition coefficient (Wildman–Crippen LogP) is 0.720. The first-order valence-corrected chi connectivity index (χ1v) is 5.40. The maximum absolute atomic E-state index is 10.5. The van der Waals surface area contributed by atoms with Gasteiger partial charge in [-0.1, -0.05) is 0 Å². The van der Waals surface area contributed by atoms with E-state index in [1.54, 1.807) is 0 Å². The Labute approximate surface area is 77.7 Å². The summed E-state index contributed by atoms with van der Waals surface area (Å²) in [6, 6.07) is 0. The molecular weight excluding hydrogens is 200 g/mol. The molecule has 6 heteroatoms. The first kappa shape index (κ1) is 9.73. The molecule has 0 amide bonds. The second-order valence-corrected chi connectivity index (χ2v) is 5.09. The summed E-state index contributed by atoms with van der Waals surface area (Å²) in [6.45, 7) is 0. The minimum Gasteiger partial charge on any atom is -0.480 e. The van der Waals surface area contributed by atoms with Crippen molar-refractivity contribution in [1.29, 1.82) is 0 Å². The molecule has 4 nitrogen and oxygen atoms in total. The van der Waals surface area contributed by atoms with Gasteiger partial charge in [0.15, 0.2) is 0 Å². The first-order valence-electron chi connectivity index (χ1n) is 3.30. The molecule has 0 aromatic carbocycles. The van der Waals surface area contributed by atoms with Gasteiger partial charge in [-0.15, -0.1) is 23.5 Å². The Morgan fingerprint density at radius 2 is 1.50 bits per heavy atom. The van der Waals surface area contributed by atoms with E-state index in [0.29, 0.717) is 5.08 Å². The average molecular weight is 208 g/mol. The van der Waals surface area contributed by atoms with E-state index in [0.717, 1.165) is 0 Å². The number of aliphatic carboxylic acids is 2. The van der Waals surface area contributed by atoms with Gasteiger partial charge in [-0.05, 0) is 6.42 Å². The maximum atomic E-state index is 10.5. The third-order valence-corrected chi connectivity index (χ3v) is 4.20. The maximum Gasteiger partial charge on any atom is 0.316 e. The molecule has 1 saturated heterocycles. The van der Waals surface area contributed by atoms with Gasteiger partial charge in [0, 0.05) is 5.08 Å². The predicted molar refractivity (Wildman–Crippen MR) is 47.5 cm³/mol. The molecule has 2 atom stereocenters. The molecule has 1 aliphatic heterocycles. The second kappa shape index (κ2) is 4.04. The number of thioether (sulfide) groups is 2. The summed E-state index contributed by atoms with van der Waals surface area (Å²) in [5.74, 6) is -1.82. The fraction of sp³-hybridized carbons (Fsp3) is 0.667. The quantitative estimate of drug-likeness (QED) is 0.696. The summed E-state index contributed by atoms with van der Waals surface area (Å²) < 4.78 is 0. The number of carbonyl (C=O) groups is 2. The van der Waals surface area contributed by atoms with E-state index in [9.17, 15) is 9.59 Å². The highest BCUT2D eigenvalue weighted by Crippen LogP contribution is 2.33. The lowest BCUT2D eigenvalue weighted by atomic mass is 10.2. The third kappa shape index (κ3) is 2.31. The molecular formula is C6H8O4S2. The fourth-order valence-corrected chi connectivity index (χ4v) is 3.57. The number of rotatable bonds is 2. The number of hydrogen-bond donors (Lipinski definition) is 2. The van der Waals surface area contributed by atoms with Crippen molar-refractivity contribution in [1.82, 2.24) is 0 Å². The van der Waals surface area contributed by atoms with E-state index in [1.165, 1.54) is 23.5 Å². The molecule has 0 aromatic rings. The smallest absolute Gasteiger partial charge is 0.316 e. The first-order chi connectivity index (χ1) is 5.61. The lowest BCUT2D eigenvalue weighted by Crippen LogP contribution is -2.30. The Morgan fingerprint density at radius 1 is 1.08 bits per heavy atom. The zero-order valence-corrected chi connectivity index (χ0v) is 7.73. The van der Waals surface area contributed by atoms with Crippen LogP contribution < -0.4 is 0 Å². The Bertz CT molecular complexity index is 186. The Morgan fingerprint density at radius 3 is 1.83 bits per heavy atom. The van der Waals surface area contributed by atoms with E-state index in [1.807, 2.05) is 0 Å². The summed E-state index contributed by atoms with van der Waals surface area (Å²) in [4.78, 5) is 21.0. The van der Waals surface area contributed by atoms with Crippen molar-refractivity contribution in [2.24, 2.45) is 0 Å². The highest BCUT2D eigenvalue weighted by Gasteiger charge is 2.31. The third-order valence-electron chi connectivity index (χ3n) is 1.52. The second-order valence-electron chi connectivity index (χ2n) is 2.34. The van der Waals surface area contributed by atoms with Crippen LogP contribution in [0.2, 0.25) is 0 Å². The van der Waals surface area contributed by atoms with E-state index < -0.39 is 22.4 Å². The summed E-state index contributed by atoms with van der Waals surface area (Å²) in [6.07, 6.45) is 0.222. The van der Waals surface area contributed by atoms with Crippen LogP contribution in [0.5, 0.6) is 0 Å². The topological polar surface area (TPSA) is 74.6 Å². The molecule has 2 N–H and O–H groups in total. The van der Waals surface area contributed by atoms with Crippen LogP contribution >= 0.6 is 23.5 Å². The van der Waals surface area contributed by atoms with Gasteiger partial charge in [0.1, 0.15) is 10.5 Å². The average Bonchev–Trinajstić information content (AvgIpc) is 2.04. The summed E-state index contributed by atoms with van der Waals surface area (Å²) in [5.41, 5.74) is 0. The molecule has 0 saturated carbocycles. The molecule has 0 spiro atoms. The number of hydrogen-bond acceptors (Lipinski definition) is 4. The fourth-order valence-electron chi connectivity index (χ4n) is 0.878. The van der Waals surface area contributed by atoms with Crippen molar-refractivity contribution in [3.63, 3.8) is 0 Å². The van der Waals surface area contributed by atoms with Crippen LogP contribution in [0.4, 0.5) is 0 Å². The van der Waals surface area contributed by atoms with E-state index in [-0.39, 0.29) is 6.42 Å². The molecule has 68 valence electrons. The van der Waals surface area contributed by atoms with Crippen molar-refractivity contribution < 1.29 is 19.8 Å². The van der Waals surface area contributed by atoms with Crippen LogP contribution in [-0.4, -0.2) is 37.7 Å². The molecule has 2 unspecified atom stereocenters. The Kier molecular flexibility index (Phi) is 3.28. The van der Waals surface area contributed by atoms with Gasteiger partial charge in [0.2, 0.25) is 0 Å². The highest BCUT2D eigenvalue weighted by molar-refractivity contribution is 8.17. The molecule has 1 heterocycles. The molecule has 1 aliphatic rings. The van der Waals surface area contributed by atoms with Gasteiger partial charge in [0.25, 0.3) is 0 Å². The van der Waals surface area contributed by atoms with Crippen molar-refractivity contribution in [2.45, 2.75) is 16.9 Å². The standard InChI is InChI=1S/C6H8O4S2/c7-5(8)3-1-4(6(9)10)12-2-11-3/h3-4H,1-2H2,(H,7,8)(H,9,10). The zero-order valence-electron chi connectivity index (χ0n) is 6.10. The number of carboxylic acids is 2. The minimum absolute atomic E-state index is 0.222. The largest absolute Gasteiger partial charge is 0.480 e. The van der Waals surface area contributed by atoms with Crippen LogP contribution in [0.25, 0.3) is 0 Å². The SMILES string of the molecule is O=C(O)C1CC(C(=O)O)SCS1. The molecule has 1 fully saturated rings. The van der Waals surface area contributed by atoms with Crippen LogP contribution in [0.3, 0.4) is 0 Å². The monoisotopic (exact) mass is 208 g/mol. The highest BCUT2D eigenvalue weighted by atomic mass is 32.2. The minimum atomic E-state index is -0.911. The van der Waals surface area contributed by atoms with Gasteiger partial charge < -0.3 is 10.2 Å². The van der Waals surface area contributed by atoms with Crippen LogP contribution in [-0.2, 0) is 9.59 Å². The summed E-state index contributed by atoms with van der Waals surface area (Å²) >= 11 is 2.59. The van der Waals surface area contributed by atoms with Crippen LogP contribution in [0.1, 0.15) is 6.42 Å². The van der Waals surface area contributed by atoms with Crippen LogP contribution in [0.15, 0.2) is 0 Å². The normalized spacial score (nSPS) is 29.7. The summed E-state index contributed by atoms with van der Waals surface area (Å²) in [5, 5.41) is 16.7. The van der Waals surface area contributed by atoms with Gasteiger partial charge in [-0.3, -0.25) is 9.59 Å². The van der Waals surface area contributed by atoms with Crippen molar-refractivity contribution in [2.75, 3.05) is 5.08 Å². The van der Waals surface area contributed by atoms with Gasteiger partial charge >= 0.3 is 11.9 Å². The molecule has 0 bridgehead atoms. The van der Waals surface area contributed by atoms with Crippen molar-refractivity contribution in [3.05, 3.63) is 0 Å². The molecule has 12 heavy (non-hydrogen) atoms.